The molecule has 0 bridgehead atoms. The predicted octanol–water partition coefficient (Wildman–Crippen LogP) is 5.46. The Balaban J connectivity index is 1.25. The molecule has 11 heteroatoms. The molecule has 1 N–H and O–H groups in total. The van der Waals surface area contributed by atoms with E-state index >= 15 is 0 Å². The van der Waals surface area contributed by atoms with E-state index in [1.54, 1.807) is 49.3 Å². The molecule has 4 aromatic rings. The number of carbonyl (C=O) groups is 2. The summed E-state index contributed by atoms with van der Waals surface area (Å²) in [7, 11) is 1.55. The maximum atomic E-state index is 14.1. The van der Waals surface area contributed by atoms with E-state index in [4.69, 9.17) is 4.74 Å². The molecule has 2 aliphatic rings. The third-order valence-corrected chi connectivity index (χ3v) is 8.95. The van der Waals surface area contributed by atoms with Gasteiger partial charge in [-0.25, -0.2) is 0 Å². The van der Waals surface area contributed by atoms with Crippen molar-refractivity contribution in [2.24, 2.45) is 0 Å². The van der Waals surface area contributed by atoms with Crippen LogP contribution in [0.25, 0.3) is 11.1 Å². The van der Waals surface area contributed by atoms with Gasteiger partial charge in [0.2, 0.25) is 0 Å². The van der Waals surface area contributed by atoms with Crippen molar-refractivity contribution in [2.45, 2.75) is 32.3 Å². The van der Waals surface area contributed by atoms with E-state index in [-0.39, 0.29) is 30.5 Å². The Bertz CT molecular complexity index is 1780. The average Bonchev–Trinajstić information content (AvgIpc) is 3.37. The first-order valence-corrected chi connectivity index (χ1v) is 15.6. The highest BCUT2D eigenvalue weighted by atomic mass is 19.4. The molecule has 0 spiro atoms. The number of fused-ring (bicyclic) bond motifs is 2. The van der Waals surface area contributed by atoms with Gasteiger partial charge in [0, 0.05) is 56.8 Å². The molecule has 2 aliphatic heterocycles. The molecule has 47 heavy (non-hydrogen) atoms. The van der Waals surface area contributed by atoms with E-state index in [1.807, 2.05) is 39.8 Å². The lowest BCUT2D eigenvalue weighted by molar-refractivity contribution is -0.137. The van der Waals surface area contributed by atoms with Crippen molar-refractivity contribution in [3.05, 3.63) is 113 Å². The number of benzene rings is 3. The molecule has 1 atom stereocenters. The van der Waals surface area contributed by atoms with Gasteiger partial charge in [0.15, 0.2) is 0 Å². The van der Waals surface area contributed by atoms with Gasteiger partial charge in [0.1, 0.15) is 5.69 Å². The van der Waals surface area contributed by atoms with Crippen LogP contribution in [0.5, 0.6) is 0 Å². The molecule has 1 saturated heterocycles. The molecule has 1 fully saturated rings. The number of piperazine rings is 1. The van der Waals surface area contributed by atoms with E-state index in [0.29, 0.717) is 67.3 Å². The van der Waals surface area contributed by atoms with E-state index in [2.05, 4.69) is 4.90 Å². The van der Waals surface area contributed by atoms with Gasteiger partial charge in [0.05, 0.1) is 31.4 Å². The first kappa shape index (κ1) is 32.5. The smallest absolute Gasteiger partial charge is 0.389 e. The van der Waals surface area contributed by atoms with Crippen molar-refractivity contribution < 1.29 is 32.6 Å². The van der Waals surface area contributed by atoms with Gasteiger partial charge in [-0.15, -0.1) is 0 Å². The maximum absolute atomic E-state index is 14.1. The third-order valence-electron chi connectivity index (χ3n) is 8.95. The van der Waals surface area contributed by atoms with Gasteiger partial charge in [-0.3, -0.25) is 14.5 Å². The number of halogens is 3. The summed E-state index contributed by atoms with van der Waals surface area (Å²) in [5, 5.41) is 10.1. The monoisotopic (exact) mass is 646 g/mol. The summed E-state index contributed by atoms with van der Waals surface area (Å²) in [6.45, 7) is 5.42. The molecular weight excluding hydrogens is 609 g/mol. The Morgan fingerprint density at radius 3 is 2.32 bits per heavy atom. The number of aromatic nitrogens is 1. The number of para-hydroxylation sites is 1. The molecule has 0 aliphatic carbocycles. The van der Waals surface area contributed by atoms with E-state index in [0.717, 1.165) is 17.3 Å². The van der Waals surface area contributed by atoms with Crippen LogP contribution in [0.1, 0.15) is 43.2 Å². The standard InChI is InChI=1S/C36H37F3N4O4/c1-24-19-25(11-13-29(24)30-8-4-5-9-31(30)36(37,38)39)34(45)43-21-27-12-14-33(42(27)20-26-7-3-6-10-32(26)43)35(46)41-17-15-40(16-18-41)22-28(44)23-47-2/h3-14,19,28,44H,15-18,20-23H2,1-2H3/t28-/m0/s1. The Morgan fingerprint density at radius 1 is 0.872 bits per heavy atom. The second-order valence-corrected chi connectivity index (χ2v) is 12.1. The van der Waals surface area contributed by atoms with Crippen LogP contribution in [0.3, 0.4) is 0 Å². The number of methoxy groups -OCH3 is 1. The average molecular weight is 647 g/mol. The molecule has 3 heterocycles. The fourth-order valence-electron chi connectivity index (χ4n) is 6.59. The number of ether oxygens (including phenoxy) is 1. The number of nitrogens with zero attached hydrogens (tertiary/aromatic N) is 4. The highest BCUT2D eigenvalue weighted by molar-refractivity contribution is 6.07. The lowest BCUT2D eigenvalue weighted by atomic mass is 9.94. The fraction of sp³-hybridized carbons (Fsp3) is 0.333. The van der Waals surface area contributed by atoms with Crippen LogP contribution >= 0.6 is 0 Å². The lowest BCUT2D eigenvalue weighted by Crippen LogP contribution is -2.51. The summed E-state index contributed by atoms with van der Waals surface area (Å²) in [5.41, 5.74) is 3.59. The van der Waals surface area contributed by atoms with E-state index in [1.165, 1.54) is 12.1 Å². The normalized spacial score (nSPS) is 16.0. The van der Waals surface area contributed by atoms with Gasteiger partial charge < -0.3 is 24.2 Å². The first-order valence-electron chi connectivity index (χ1n) is 15.6. The lowest BCUT2D eigenvalue weighted by Gasteiger charge is -2.35. The molecule has 3 aromatic carbocycles. The molecule has 0 saturated carbocycles. The summed E-state index contributed by atoms with van der Waals surface area (Å²) < 4.78 is 48.3. The summed E-state index contributed by atoms with van der Waals surface area (Å²) in [6.07, 6.45) is -5.09. The number of anilines is 1. The van der Waals surface area contributed by atoms with Crippen LogP contribution in [0.4, 0.5) is 18.9 Å². The van der Waals surface area contributed by atoms with Crippen molar-refractivity contribution in [2.75, 3.05) is 51.3 Å². The number of hydrogen-bond donors (Lipinski definition) is 1. The quantitative estimate of drug-likeness (QED) is 0.289. The second-order valence-electron chi connectivity index (χ2n) is 12.1. The maximum Gasteiger partial charge on any atom is 0.417 e. The zero-order valence-corrected chi connectivity index (χ0v) is 26.3. The number of alkyl halides is 3. The Hall–Kier alpha value is -4.45. The molecular formula is C36H37F3N4O4. The number of aryl methyl sites for hydroxylation is 1. The molecule has 1 aromatic heterocycles. The summed E-state index contributed by atoms with van der Waals surface area (Å²) in [5.74, 6) is -0.374. The molecule has 2 amide bonds. The molecule has 0 radical (unpaired) electrons. The van der Waals surface area contributed by atoms with Gasteiger partial charge >= 0.3 is 6.18 Å². The number of carbonyl (C=O) groups excluding carboxylic acids is 2. The second kappa shape index (κ2) is 13.3. The Labute approximate surface area is 271 Å². The van der Waals surface area contributed by atoms with Gasteiger partial charge in [-0.1, -0.05) is 42.5 Å². The van der Waals surface area contributed by atoms with Crippen molar-refractivity contribution >= 4 is 17.5 Å². The molecule has 8 nitrogen and oxygen atoms in total. The Kier molecular flexibility index (Phi) is 9.23. The number of rotatable bonds is 7. The number of aliphatic hydroxyl groups excluding tert-OH is 1. The summed E-state index contributed by atoms with van der Waals surface area (Å²) in [6, 6.07) is 21.5. The number of hydrogen-bond acceptors (Lipinski definition) is 5. The first-order chi connectivity index (χ1) is 22.5. The van der Waals surface area contributed by atoms with Crippen molar-refractivity contribution in [1.82, 2.24) is 14.4 Å². The van der Waals surface area contributed by atoms with Crippen LogP contribution in [0, 0.1) is 6.92 Å². The van der Waals surface area contributed by atoms with E-state index < -0.39 is 17.8 Å². The van der Waals surface area contributed by atoms with Gasteiger partial charge in [0.25, 0.3) is 11.8 Å². The SMILES string of the molecule is COC[C@@H](O)CN1CCN(C(=O)c2ccc3n2Cc2ccccc2N(C(=O)c2ccc(-c4ccccc4C(F)(F)F)c(C)c2)C3)CC1. The zero-order chi connectivity index (χ0) is 33.3. The van der Waals surface area contributed by atoms with Crippen LogP contribution in [0.2, 0.25) is 0 Å². The minimum absolute atomic E-state index is 0.0664. The zero-order valence-electron chi connectivity index (χ0n) is 26.3. The third kappa shape index (κ3) is 6.69. The minimum Gasteiger partial charge on any atom is -0.389 e. The van der Waals surface area contributed by atoms with Crippen molar-refractivity contribution in [3.8, 4) is 11.1 Å². The topological polar surface area (TPSA) is 78.2 Å². The van der Waals surface area contributed by atoms with Crippen molar-refractivity contribution in [1.29, 1.82) is 0 Å². The largest absolute Gasteiger partial charge is 0.417 e. The number of aliphatic hydroxyl groups is 1. The highest BCUT2D eigenvalue weighted by Gasteiger charge is 2.34. The van der Waals surface area contributed by atoms with Gasteiger partial charge in [-0.2, -0.15) is 13.2 Å². The van der Waals surface area contributed by atoms with Crippen LogP contribution in [-0.4, -0.2) is 83.8 Å². The minimum atomic E-state index is -4.51. The van der Waals surface area contributed by atoms with Crippen LogP contribution in [-0.2, 0) is 24.0 Å². The predicted molar refractivity (Wildman–Crippen MR) is 172 cm³/mol. The molecule has 6 rings (SSSR count). The molecule has 246 valence electrons. The molecule has 0 unspecified atom stereocenters. The summed E-state index contributed by atoms with van der Waals surface area (Å²) >= 11 is 0. The van der Waals surface area contributed by atoms with Crippen LogP contribution in [0.15, 0.2) is 78.9 Å². The highest BCUT2D eigenvalue weighted by Crippen LogP contribution is 2.38. The Morgan fingerprint density at radius 2 is 1.60 bits per heavy atom. The van der Waals surface area contributed by atoms with E-state index in [9.17, 15) is 27.9 Å². The van der Waals surface area contributed by atoms with Crippen molar-refractivity contribution in [3.63, 3.8) is 0 Å². The number of β-amino-alcohol motifs (C(OH)–C–C–N with tert-alkyl or cyclic N) is 1. The summed E-state index contributed by atoms with van der Waals surface area (Å²) in [4.78, 5) is 33.5. The fourth-order valence-corrected chi connectivity index (χ4v) is 6.59. The number of amides is 2. The van der Waals surface area contributed by atoms with Gasteiger partial charge in [-0.05, 0) is 65.6 Å². The van der Waals surface area contributed by atoms with Crippen LogP contribution < -0.4 is 4.90 Å².